The van der Waals surface area contributed by atoms with Gasteiger partial charge in [-0.05, 0) is 36.8 Å². The molecule has 0 saturated carbocycles. The molecule has 2 aromatic carbocycles. The number of halogens is 2. The molecule has 3 aromatic rings. The van der Waals surface area contributed by atoms with Crippen LogP contribution in [0.1, 0.15) is 28.9 Å². The van der Waals surface area contributed by atoms with E-state index in [-0.39, 0.29) is 5.91 Å². The van der Waals surface area contributed by atoms with Crippen molar-refractivity contribution in [2.75, 3.05) is 7.05 Å². The van der Waals surface area contributed by atoms with E-state index in [1.165, 1.54) is 17.2 Å². The lowest BCUT2D eigenvalue weighted by molar-refractivity contribution is 0.0742. The molecule has 0 saturated heterocycles. The fourth-order valence-electron chi connectivity index (χ4n) is 2.53. The number of nitrogens with zero attached hydrogens (tertiary/aromatic N) is 3. The Kier molecular flexibility index (Phi) is 4.61. The number of aromatic nitrogens is 2. The van der Waals surface area contributed by atoms with Crippen molar-refractivity contribution >= 4 is 5.91 Å². The highest BCUT2D eigenvalue weighted by molar-refractivity contribution is 5.93. The summed E-state index contributed by atoms with van der Waals surface area (Å²) < 4.78 is 28.1. The smallest absolute Gasteiger partial charge is 0.257 e. The van der Waals surface area contributed by atoms with Gasteiger partial charge < -0.3 is 4.90 Å². The Morgan fingerprint density at radius 2 is 1.84 bits per heavy atom. The number of rotatable bonds is 4. The van der Waals surface area contributed by atoms with Crippen LogP contribution in [0.5, 0.6) is 0 Å². The Morgan fingerprint density at radius 3 is 2.52 bits per heavy atom. The van der Waals surface area contributed by atoms with E-state index in [1.54, 1.807) is 24.9 Å². The van der Waals surface area contributed by atoms with Crippen molar-refractivity contribution in [3.63, 3.8) is 0 Å². The topological polar surface area (TPSA) is 38.1 Å². The molecule has 3 rings (SSSR count). The van der Waals surface area contributed by atoms with E-state index in [9.17, 15) is 13.6 Å². The van der Waals surface area contributed by atoms with Crippen molar-refractivity contribution in [2.45, 2.75) is 13.0 Å². The molecule has 1 atom stereocenters. The maximum Gasteiger partial charge on any atom is 0.257 e. The predicted molar refractivity (Wildman–Crippen MR) is 90.4 cm³/mol. The lowest BCUT2D eigenvalue weighted by Crippen LogP contribution is -2.29. The fraction of sp³-hybridized carbons (Fsp3) is 0.158. The third kappa shape index (κ3) is 3.42. The minimum atomic E-state index is -0.929. The first-order valence-corrected chi connectivity index (χ1v) is 7.79. The summed E-state index contributed by atoms with van der Waals surface area (Å²) >= 11 is 0. The number of carbonyl (C=O) groups excluding carboxylic acids is 1. The zero-order chi connectivity index (χ0) is 18.0. The maximum atomic E-state index is 13.4. The van der Waals surface area contributed by atoms with Gasteiger partial charge in [-0.2, -0.15) is 5.10 Å². The van der Waals surface area contributed by atoms with E-state index in [1.807, 2.05) is 30.3 Å². The van der Waals surface area contributed by atoms with Gasteiger partial charge in [0.1, 0.15) is 0 Å². The van der Waals surface area contributed by atoms with Gasteiger partial charge in [0.15, 0.2) is 11.6 Å². The largest absolute Gasteiger partial charge is 0.335 e. The molecule has 128 valence electrons. The lowest BCUT2D eigenvalue weighted by atomic mass is 10.1. The van der Waals surface area contributed by atoms with Crippen LogP contribution < -0.4 is 0 Å². The average molecular weight is 341 g/mol. The van der Waals surface area contributed by atoms with Crippen LogP contribution in [-0.2, 0) is 0 Å². The molecule has 0 spiro atoms. The molecule has 0 aliphatic carbocycles. The molecule has 1 aromatic heterocycles. The SMILES string of the molecule is CC(c1ccc(F)c(F)c1)N(C)C(=O)c1cnn(-c2ccccc2)c1. The molecule has 0 fully saturated rings. The molecule has 0 bridgehead atoms. The van der Waals surface area contributed by atoms with E-state index >= 15 is 0 Å². The minimum Gasteiger partial charge on any atom is -0.335 e. The number of amides is 1. The third-order valence-corrected chi connectivity index (χ3v) is 4.18. The maximum absolute atomic E-state index is 13.4. The molecule has 0 aliphatic rings. The summed E-state index contributed by atoms with van der Waals surface area (Å²) in [6.45, 7) is 1.76. The third-order valence-electron chi connectivity index (χ3n) is 4.18. The van der Waals surface area contributed by atoms with Crippen LogP contribution in [0.2, 0.25) is 0 Å². The second-order valence-electron chi connectivity index (χ2n) is 5.77. The van der Waals surface area contributed by atoms with Crippen LogP contribution in [-0.4, -0.2) is 27.6 Å². The van der Waals surface area contributed by atoms with Crippen molar-refractivity contribution in [3.8, 4) is 5.69 Å². The van der Waals surface area contributed by atoms with Gasteiger partial charge in [0.25, 0.3) is 5.91 Å². The van der Waals surface area contributed by atoms with Gasteiger partial charge in [0.05, 0.1) is 23.5 Å². The summed E-state index contributed by atoms with van der Waals surface area (Å²) in [6, 6.07) is 12.7. The quantitative estimate of drug-likeness (QED) is 0.720. The highest BCUT2D eigenvalue weighted by Gasteiger charge is 2.21. The molecule has 6 heteroatoms. The van der Waals surface area contributed by atoms with Crippen molar-refractivity contribution in [2.24, 2.45) is 0 Å². The summed E-state index contributed by atoms with van der Waals surface area (Å²) in [5.74, 6) is -2.09. The number of benzene rings is 2. The Bertz CT molecular complexity index is 893. The molecule has 0 aliphatic heterocycles. The van der Waals surface area contributed by atoms with Crippen molar-refractivity contribution in [1.29, 1.82) is 0 Å². The van der Waals surface area contributed by atoms with Crippen molar-refractivity contribution in [1.82, 2.24) is 14.7 Å². The fourth-order valence-corrected chi connectivity index (χ4v) is 2.53. The lowest BCUT2D eigenvalue weighted by Gasteiger charge is -2.25. The van der Waals surface area contributed by atoms with E-state index in [0.29, 0.717) is 11.1 Å². The molecular formula is C19H17F2N3O. The monoisotopic (exact) mass is 341 g/mol. The highest BCUT2D eigenvalue weighted by atomic mass is 19.2. The zero-order valence-corrected chi connectivity index (χ0v) is 13.9. The van der Waals surface area contributed by atoms with Gasteiger partial charge in [-0.15, -0.1) is 0 Å². The van der Waals surface area contributed by atoms with Crippen molar-refractivity contribution in [3.05, 3.63) is 83.7 Å². The molecule has 1 amide bonds. The Labute approximate surface area is 144 Å². The Balaban J connectivity index is 1.80. The second-order valence-corrected chi connectivity index (χ2v) is 5.77. The normalized spacial score (nSPS) is 12.0. The standard InChI is InChI=1S/C19H17F2N3O/c1-13(14-8-9-17(20)18(21)10-14)23(2)19(25)15-11-22-24(12-15)16-6-4-3-5-7-16/h3-13H,1-2H3. The molecule has 1 unspecified atom stereocenters. The van der Waals surface area contributed by atoms with Gasteiger partial charge >= 0.3 is 0 Å². The number of carbonyl (C=O) groups is 1. The van der Waals surface area contributed by atoms with Crippen LogP contribution in [0.25, 0.3) is 5.69 Å². The number of hydrogen-bond donors (Lipinski definition) is 0. The van der Waals surface area contributed by atoms with Gasteiger partial charge in [-0.25, -0.2) is 13.5 Å². The average Bonchev–Trinajstić information content (AvgIpc) is 3.13. The van der Waals surface area contributed by atoms with E-state index < -0.39 is 17.7 Å². The van der Waals surface area contributed by atoms with Crippen LogP contribution >= 0.6 is 0 Å². The number of hydrogen-bond acceptors (Lipinski definition) is 2. The molecule has 1 heterocycles. The Hall–Kier alpha value is -3.02. The summed E-state index contributed by atoms with van der Waals surface area (Å²) in [5, 5.41) is 4.21. The first kappa shape index (κ1) is 16.8. The Morgan fingerprint density at radius 1 is 1.12 bits per heavy atom. The minimum absolute atomic E-state index is 0.251. The van der Waals surface area contributed by atoms with E-state index in [0.717, 1.165) is 17.8 Å². The van der Waals surface area contributed by atoms with E-state index in [4.69, 9.17) is 0 Å². The molecule has 25 heavy (non-hydrogen) atoms. The van der Waals surface area contributed by atoms with Gasteiger partial charge in [-0.1, -0.05) is 24.3 Å². The predicted octanol–water partition coefficient (Wildman–Crippen LogP) is 3.98. The summed E-state index contributed by atoms with van der Waals surface area (Å²) in [4.78, 5) is 14.1. The van der Waals surface area contributed by atoms with E-state index in [2.05, 4.69) is 5.10 Å². The summed E-state index contributed by atoms with van der Waals surface area (Å²) in [5.41, 5.74) is 1.78. The van der Waals surface area contributed by atoms with Gasteiger partial charge in [-0.3, -0.25) is 4.79 Å². The summed E-state index contributed by atoms with van der Waals surface area (Å²) in [6.07, 6.45) is 3.13. The second kappa shape index (κ2) is 6.84. The number of para-hydroxylation sites is 1. The molecule has 4 nitrogen and oxygen atoms in total. The molecule has 0 N–H and O–H groups in total. The van der Waals surface area contributed by atoms with Crippen LogP contribution in [0.4, 0.5) is 8.78 Å². The van der Waals surface area contributed by atoms with Crippen LogP contribution in [0.15, 0.2) is 60.9 Å². The van der Waals surface area contributed by atoms with Crippen LogP contribution in [0.3, 0.4) is 0 Å². The zero-order valence-electron chi connectivity index (χ0n) is 13.9. The first-order valence-electron chi connectivity index (χ1n) is 7.79. The van der Waals surface area contributed by atoms with Crippen LogP contribution in [0, 0.1) is 11.6 Å². The molecule has 0 radical (unpaired) electrons. The highest BCUT2D eigenvalue weighted by Crippen LogP contribution is 2.22. The first-order chi connectivity index (χ1) is 12.0. The molecular weight excluding hydrogens is 324 g/mol. The van der Waals surface area contributed by atoms with Gasteiger partial charge in [0.2, 0.25) is 0 Å². The van der Waals surface area contributed by atoms with Crippen molar-refractivity contribution < 1.29 is 13.6 Å². The summed E-state index contributed by atoms with van der Waals surface area (Å²) in [7, 11) is 1.62. The van der Waals surface area contributed by atoms with Gasteiger partial charge in [0, 0.05) is 13.2 Å².